The fraction of sp³-hybridized carbons (Fsp3) is 0.467. The van der Waals surface area contributed by atoms with Crippen LogP contribution in [0.3, 0.4) is 0 Å². The van der Waals surface area contributed by atoms with Gasteiger partial charge in [0.25, 0.3) is 0 Å². The highest BCUT2D eigenvalue weighted by atomic mass is 16.5. The fourth-order valence-electron chi connectivity index (χ4n) is 2.51. The van der Waals surface area contributed by atoms with Crippen LogP contribution in [0.25, 0.3) is 0 Å². The van der Waals surface area contributed by atoms with Crippen LogP contribution < -0.4 is 10.2 Å². The monoisotopic (exact) mass is 287 g/mol. The lowest BCUT2D eigenvalue weighted by Crippen LogP contribution is -2.17. The number of methoxy groups -OCH3 is 1. The molecule has 21 heavy (non-hydrogen) atoms. The van der Waals surface area contributed by atoms with E-state index in [9.17, 15) is 0 Å². The van der Waals surface area contributed by atoms with Crippen molar-refractivity contribution in [1.82, 2.24) is 14.8 Å². The molecule has 0 spiro atoms. The van der Waals surface area contributed by atoms with Crippen molar-refractivity contribution in [2.24, 2.45) is 0 Å². The molecule has 2 aromatic heterocycles. The van der Waals surface area contributed by atoms with Crippen molar-refractivity contribution in [2.75, 3.05) is 37.0 Å². The molecule has 0 unspecified atom stereocenters. The maximum absolute atomic E-state index is 5.04. The summed E-state index contributed by atoms with van der Waals surface area (Å²) >= 11 is 0. The number of nitrogens with one attached hydrogen (secondary N) is 1. The topological polar surface area (TPSA) is 55.2 Å². The number of aromatic nitrogens is 3. The van der Waals surface area contributed by atoms with Crippen molar-refractivity contribution in [2.45, 2.75) is 19.4 Å². The van der Waals surface area contributed by atoms with Crippen molar-refractivity contribution in [1.29, 1.82) is 0 Å². The van der Waals surface area contributed by atoms with Crippen molar-refractivity contribution >= 4 is 17.2 Å². The number of hydrogen-bond donors (Lipinski definition) is 1. The van der Waals surface area contributed by atoms with Crippen molar-refractivity contribution in [3.05, 3.63) is 30.7 Å². The quantitative estimate of drug-likeness (QED) is 0.883. The van der Waals surface area contributed by atoms with E-state index in [4.69, 9.17) is 4.74 Å². The lowest BCUT2D eigenvalue weighted by Gasteiger charge is -2.17. The zero-order valence-corrected chi connectivity index (χ0v) is 12.3. The Morgan fingerprint density at radius 3 is 2.81 bits per heavy atom. The summed E-state index contributed by atoms with van der Waals surface area (Å²) in [5.41, 5.74) is 2.14. The lowest BCUT2D eigenvalue weighted by molar-refractivity contribution is 0.183. The Morgan fingerprint density at radius 1 is 1.24 bits per heavy atom. The highest BCUT2D eigenvalue weighted by molar-refractivity contribution is 5.57. The van der Waals surface area contributed by atoms with E-state index in [1.807, 2.05) is 23.1 Å². The molecule has 1 aliphatic rings. The SMILES string of the molecule is COCCn1cc(Nc2ccc(N3CCCC3)cn2)cn1. The first-order valence-corrected chi connectivity index (χ1v) is 7.34. The number of pyridine rings is 1. The molecule has 0 radical (unpaired) electrons. The molecule has 1 fully saturated rings. The summed E-state index contributed by atoms with van der Waals surface area (Å²) in [6.45, 7) is 3.69. The first kappa shape index (κ1) is 13.9. The Morgan fingerprint density at radius 2 is 2.10 bits per heavy atom. The molecule has 3 rings (SSSR count). The molecular weight excluding hydrogens is 266 g/mol. The molecule has 0 aliphatic carbocycles. The van der Waals surface area contributed by atoms with Crippen LogP contribution in [0.5, 0.6) is 0 Å². The molecule has 0 atom stereocenters. The third kappa shape index (κ3) is 3.52. The Kier molecular flexibility index (Phi) is 4.35. The van der Waals surface area contributed by atoms with Gasteiger partial charge >= 0.3 is 0 Å². The summed E-state index contributed by atoms with van der Waals surface area (Å²) in [6, 6.07) is 4.14. The second kappa shape index (κ2) is 6.58. The third-order valence-electron chi connectivity index (χ3n) is 3.65. The largest absolute Gasteiger partial charge is 0.383 e. The van der Waals surface area contributed by atoms with Gasteiger partial charge in [-0.05, 0) is 25.0 Å². The average Bonchev–Trinajstić information content (AvgIpc) is 3.17. The number of nitrogens with zero attached hydrogens (tertiary/aromatic N) is 4. The van der Waals surface area contributed by atoms with Crippen molar-refractivity contribution < 1.29 is 4.74 Å². The average molecular weight is 287 g/mol. The van der Waals surface area contributed by atoms with Crippen LogP contribution in [0.4, 0.5) is 17.2 Å². The summed E-state index contributed by atoms with van der Waals surface area (Å²) in [5.74, 6) is 0.837. The smallest absolute Gasteiger partial charge is 0.130 e. The summed E-state index contributed by atoms with van der Waals surface area (Å²) in [5, 5.41) is 7.53. The van der Waals surface area contributed by atoms with Crippen LogP contribution in [-0.4, -0.2) is 41.6 Å². The number of hydrogen-bond acceptors (Lipinski definition) is 5. The maximum Gasteiger partial charge on any atom is 0.130 e. The van der Waals surface area contributed by atoms with Crippen LogP contribution in [0.15, 0.2) is 30.7 Å². The van der Waals surface area contributed by atoms with Gasteiger partial charge in [-0.15, -0.1) is 0 Å². The van der Waals surface area contributed by atoms with Crippen LogP contribution in [0, 0.1) is 0 Å². The summed E-state index contributed by atoms with van der Waals surface area (Å²) in [6.07, 6.45) is 8.24. The molecule has 6 heteroatoms. The predicted octanol–water partition coefficient (Wildman–Crippen LogP) is 2.27. The van der Waals surface area contributed by atoms with Gasteiger partial charge in [0, 0.05) is 26.4 Å². The zero-order chi connectivity index (χ0) is 14.5. The number of ether oxygens (including phenoxy) is 1. The molecular formula is C15H21N5O. The summed E-state index contributed by atoms with van der Waals surface area (Å²) < 4.78 is 6.89. The van der Waals surface area contributed by atoms with Gasteiger partial charge in [0.1, 0.15) is 5.82 Å². The molecule has 1 aliphatic heterocycles. The second-order valence-electron chi connectivity index (χ2n) is 5.21. The molecule has 2 aromatic rings. The van der Waals surface area contributed by atoms with Gasteiger partial charge in [0.15, 0.2) is 0 Å². The van der Waals surface area contributed by atoms with E-state index in [0.717, 1.165) is 31.1 Å². The fourth-order valence-corrected chi connectivity index (χ4v) is 2.51. The van der Waals surface area contributed by atoms with Crippen LogP contribution in [-0.2, 0) is 11.3 Å². The van der Waals surface area contributed by atoms with E-state index in [-0.39, 0.29) is 0 Å². The Labute approximate surface area is 124 Å². The lowest BCUT2D eigenvalue weighted by atomic mass is 10.3. The molecule has 1 saturated heterocycles. The van der Waals surface area contributed by atoms with Gasteiger partial charge in [-0.25, -0.2) is 4.98 Å². The van der Waals surface area contributed by atoms with Gasteiger partial charge < -0.3 is 15.0 Å². The standard InChI is InChI=1S/C15H21N5O/c1-21-9-8-20-12-13(10-17-20)18-15-5-4-14(11-16-15)19-6-2-3-7-19/h4-5,10-12H,2-3,6-9H2,1H3,(H,16,18). The first-order valence-electron chi connectivity index (χ1n) is 7.34. The Balaban J connectivity index is 1.60. The molecule has 112 valence electrons. The summed E-state index contributed by atoms with van der Waals surface area (Å²) in [4.78, 5) is 6.85. The highest BCUT2D eigenvalue weighted by Crippen LogP contribution is 2.21. The molecule has 3 heterocycles. The van der Waals surface area contributed by atoms with Crippen molar-refractivity contribution in [3.8, 4) is 0 Å². The molecule has 0 bridgehead atoms. The molecule has 0 amide bonds. The zero-order valence-electron chi connectivity index (χ0n) is 12.3. The molecule has 6 nitrogen and oxygen atoms in total. The van der Waals surface area contributed by atoms with E-state index in [0.29, 0.717) is 6.61 Å². The van der Waals surface area contributed by atoms with Crippen molar-refractivity contribution in [3.63, 3.8) is 0 Å². The maximum atomic E-state index is 5.04. The van der Waals surface area contributed by atoms with Gasteiger partial charge in [-0.2, -0.15) is 5.10 Å². The van der Waals surface area contributed by atoms with E-state index in [2.05, 4.69) is 26.4 Å². The Hall–Kier alpha value is -2.08. The summed E-state index contributed by atoms with van der Waals surface area (Å²) in [7, 11) is 1.69. The molecule has 0 aromatic carbocycles. The minimum absolute atomic E-state index is 0.657. The van der Waals surface area contributed by atoms with Crippen LogP contribution >= 0.6 is 0 Å². The van der Waals surface area contributed by atoms with Gasteiger partial charge in [0.05, 0.1) is 36.9 Å². The minimum Gasteiger partial charge on any atom is -0.383 e. The Bertz CT molecular complexity index is 560. The predicted molar refractivity (Wildman–Crippen MR) is 83.1 cm³/mol. The third-order valence-corrected chi connectivity index (χ3v) is 3.65. The highest BCUT2D eigenvalue weighted by Gasteiger charge is 2.12. The van der Waals surface area contributed by atoms with Gasteiger partial charge in [-0.1, -0.05) is 0 Å². The second-order valence-corrected chi connectivity index (χ2v) is 5.21. The minimum atomic E-state index is 0.657. The van der Waals surface area contributed by atoms with Crippen LogP contribution in [0.1, 0.15) is 12.8 Å². The van der Waals surface area contributed by atoms with Gasteiger partial charge in [-0.3, -0.25) is 4.68 Å². The number of anilines is 3. The van der Waals surface area contributed by atoms with Crippen LogP contribution in [0.2, 0.25) is 0 Å². The number of rotatable bonds is 6. The first-order chi connectivity index (χ1) is 10.3. The normalized spacial score (nSPS) is 14.6. The van der Waals surface area contributed by atoms with E-state index in [1.165, 1.54) is 18.5 Å². The van der Waals surface area contributed by atoms with E-state index >= 15 is 0 Å². The molecule has 0 saturated carbocycles. The molecule has 1 N–H and O–H groups in total. The van der Waals surface area contributed by atoms with E-state index in [1.54, 1.807) is 13.3 Å². The van der Waals surface area contributed by atoms with E-state index < -0.39 is 0 Å². The van der Waals surface area contributed by atoms with Gasteiger partial charge in [0.2, 0.25) is 0 Å².